The van der Waals surface area contributed by atoms with Crippen LogP contribution in [0.15, 0.2) is 24.3 Å². The predicted molar refractivity (Wildman–Crippen MR) is 64.1 cm³/mol. The van der Waals surface area contributed by atoms with Gasteiger partial charge in [-0.05, 0) is 37.1 Å². The van der Waals surface area contributed by atoms with Gasteiger partial charge >= 0.3 is 0 Å². The summed E-state index contributed by atoms with van der Waals surface area (Å²) < 4.78 is 5.45. The van der Waals surface area contributed by atoms with Crippen molar-refractivity contribution in [3.63, 3.8) is 0 Å². The minimum atomic E-state index is 0.212. The Bertz CT molecular complexity index is 311. The fourth-order valence-electron chi connectivity index (χ4n) is 1.12. The number of aliphatic hydroxyl groups excluding tert-OH is 1. The number of aliphatic hydroxyl groups is 1. The SMILES string of the molecule is NC(=S)c1ccc(OCCCCO)cc1. The first-order chi connectivity index (χ1) is 7.24. The van der Waals surface area contributed by atoms with Crippen LogP contribution in [-0.2, 0) is 0 Å². The highest BCUT2D eigenvalue weighted by molar-refractivity contribution is 7.80. The average molecular weight is 225 g/mol. The number of thiocarbonyl (C=S) groups is 1. The zero-order chi connectivity index (χ0) is 11.1. The first-order valence-corrected chi connectivity index (χ1v) is 5.28. The van der Waals surface area contributed by atoms with Crippen LogP contribution in [0.1, 0.15) is 18.4 Å². The Labute approximate surface area is 94.9 Å². The maximum Gasteiger partial charge on any atom is 0.119 e. The van der Waals surface area contributed by atoms with E-state index in [4.69, 9.17) is 27.8 Å². The highest BCUT2D eigenvalue weighted by Crippen LogP contribution is 2.12. The van der Waals surface area contributed by atoms with E-state index in [0.29, 0.717) is 11.6 Å². The molecule has 0 heterocycles. The number of hydrogen-bond acceptors (Lipinski definition) is 3. The molecule has 3 N–H and O–H groups in total. The number of hydrogen-bond donors (Lipinski definition) is 2. The lowest BCUT2D eigenvalue weighted by atomic mass is 10.2. The first-order valence-electron chi connectivity index (χ1n) is 4.87. The topological polar surface area (TPSA) is 55.5 Å². The van der Waals surface area contributed by atoms with Gasteiger partial charge in [-0.15, -0.1) is 0 Å². The molecule has 0 aliphatic rings. The summed E-state index contributed by atoms with van der Waals surface area (Å²) in [4.78, 5) is 0.391. The maximum absolute atomic E-state index is 8.58. The van der Waals surface area contributed by atoms with Crippen molar-refractivity contribution in [1.29, 1.82) is 0 Å². The van der Waals surface area contributed by atoms with Gasteiger partial charge in [0.1, 0.15) is 10.7 Å². The second-order valence-electron chi connectivity index (χ2n) is 3.17. The summed E-state index contributed by atoms with van der Waals surface area (Å²) in [7, 11) is 0. The molecule has 0 spiro atoms. The van der Waals surface area contributed by atoms with Crippen molar-refractivity contribution in [2.24, 2.45) is 5.73 Å². The van der Waals surface area contributed by atoms with E-state index >= 15 is 0 Å². The summed E-state index contributed by atoms with van der Waals surface area (Å²) in [5, 5.41) is 8.58. The minimum absolute atomic E-state index is 0.212. The summed E-state index contributed by atoms with van der Waals surface area (Å²) >= 11 is 4.84. The molecule has 0 unspecified atom stereocenters. The second kappa shape index (κ2) is 6.37. The Kier molecular flexibility index (Phi) is 5.07. The summed E-state index contributed by atoms with van der Waals surface area (Å²) in [6.45, 7) is 0.830. The van der Waals surface area contributed by atoms with E-state index in [1.54, 1.807) is 0 Å². The van der Waals surface area contributed by atoms with Gasteiger partial charge in [0.2, 0.25) is 0 Å². The van der Waals surface area contributed by atoms with E-state index in [0.717, 1.165) is 24.2 Å². The van der Waals surface area contributed by atoms with Crippen LogP contribution in [0.25, 0.3) is 0 Å². The van der Waals surface area contributed by atoms with Gasteiger partial charge in [-0.25, -0.2) is 0 Å². The fourth-order valence-corrected chi connectivity index (χ4v) is 1.26. The quantitative estimate of drug-likeness (QED) is 0.568. The van der Waals surface area contributed by atoms with Gasteiger partial charge in [0.15, 0.2) is 0 Å². The maximum atomic E-state index is 8.58. The molecule has 1 rings (SSSR count). The van der Waals surface area contributed by atoms with Crippen molar-refractivity contribution in [2.75, 3.05) is 13.2 Å². The first kappa shape index (κ1) is 11.9. The molecule has 0 fully saturated rings. The number of rotatable bonds is 6. The Morgan fingerprint density at radius 1 is 1.27 bits per heavy atom. The van der Waals surface area contributed by atoms with Crippen LogP contribution in [0, 0.1) is 0 Å². The average Bonchev–Trinajstić information content (AvgIpc) is 2.25. The molecule has 1 aromatic carbocycles. The molecule has 15 heavy (non-hydrogen) atoms. The van der Waals surface area contributed by atoms with Crippen LogP contribution in [0.5, 0.6) is 5.75 Å². The molecule has 0 bridgehead atoms. The molecule has 0 aliphatic heterocycles. The molecule has 0 amide bonds. The van der Waals surface area contributed by atoms with E-state index in [9.17, 15) is 0 Å². The van der Waals surface area contributed by atoms with Crippen LogP contribution in [-0.4, -0.2) is 23.3 Å². The van der Waals surface area contributed by atoms with Crippen molar-refractivity contribution < 1.29 is 9.84 Å². The molecule has 0 aromatic heterocycles. The lowest BCUT2D eigenvalue weighted by Gasteiger charge is -2.06. The van der Waals surface area contributed by atoms with Gasteiger partial charge in [-0.1, -0.05) is 12.2 Å². The Balaban J connectivity index is 2.39. The summed E-state index contributed by atoms with van der Waals surface area (Å²) in [5.74, 6) is 0.799. The molecule has 3 nitrogen and oxygen atoms in total. The number of unbranched alkanes of at least 4 members (excludes halogenated alkanes) is 1. The van der Waals surface area contributed by atoms with Gasteiger partial charge < -0.3 is 15.6 Å². The monoisotopic (exact) mass is 225 g/mol. The highest BCUT2D eigenvalue weighted by Gasteiger charge is 1.97. The zero-order valence-electron chi connectivity index (χ0n) is 8.48. The van der Waals surface area contributed by atoms with E-state index in [1.165, 1.54) is 0 Å². The van der Waals surface area contributed by atoms with Crippen LogP contribution in [0.3, 0.4) is 0 Å². The molecule has 0 aliphatic carbocycles. The Hall–Kier alpha value is -1.13. The predicted octanol–water partition coefficient (Wildman–Crippen LogP) is 1.47. The number of benzene rings is 1. The molecule has 0 radical (unpaired) electrons. The standard InChI is InChI=1S/C11H15NO2S/c12-11(15)9-3-5-10(6-4-9)14-8-2-1-7-13/h3-6,13H,1-2,7-8H2,(H2,12,15). The zero-order valence-corrected chi connectivity index (χ0v) is 9.30. The van der Waals surface area contributed by atoms with Gasteiger partial charge in [0.05, 0.1) is 6.61 Å². The van der Waals surface area contributed by atoms with Gasteiger partial charge in [0.25, 0.3) is 0 Å². The Morgan fingerprint density at radius 3 is 2.47 bits per heavy atom. The third-order valence-electron chi connectivity index (χ3n) is 1.96. The van der Waals surface area contributed by atoms with E-state index in [1.807, 2.05) is 24.3 Å². The normalized spacial score (nSPS) is 9.93. The fraction of sp³-hybridized carbons (Fsp3) is 0.364. The van der Waals surface area contributed by atoms with Gasteiger partial charge in [-0.3, -0.25) is 0 Å². The number of ether oxygens (including phenoxy) is 1. The third-order valence-corrected chi connectivity index (χ3v) is 2.20. The van der Waals surface area contributed by atoms with E-state index in [2.05, 4.69) is 0 Å². The van der Waals surface area contributed by atoms with E-state index < -0.39 is 0 Å². The van der Waals surface area contributed by atoms with Gasteiger partial charge in [0, 0.05) is 12.2 Å². The molecule has 82 valence electrons. The van der Waals surface area contributed by atoms with E-state index in [-0.39, 0.29) is 6.61 Å². The minimum Gasteiger partial charge on any atom is -0.494 e. The smallest absolute Gasteiger partial charge is 0.119 e. The van der Waals surface area contributed by atoms with Crippen molar-refractivity contribution in [1.82, 2.24) is 0 Å². The summed E-state index contributed by atoms with van der Waals surface area (Å²) in [6.07, 6.45) is 1.62. The molecule has 1 aromatic rings. The molecule has 0 saturated carbocycles. The van der Waals surface area contributed by atoms with Crippen molar-refractivity contribution in [3.05, 3.63) is 29.8 Å². The molecule has 0 saturated heterocycles. The molecular weight excluding hydrogens is 210 g/mol. The van der Waals surface area contributed by atoms with Crippen LogP contribution in [0.2, 0.25) is 0 Å². The van der Waals surface area contributed by atoms with Crippen molar-refractivity contribution in [2.45, 2.75) is 12.8 Å². The molecule has 4 heteroatoms. The lowest BCUT2D eigenvalue weighted by Crippen LogP contribution is -2.08. The van der Waals surface area contributed by atoms with Crippen LogP contribution < -0.4 is 10.5 Å². The molecular formula is C11H15NO2S. The van der Waals surface area contributed by atoms with Crippen molar-refractivity contribution in [3.8, 4) is 5.75 Å². The van der Waals surface area contributed by atoms with Gasteiger partial charge in [-0.2, -0.15) is 0 Å². The highest BCUT2D eigenvalue weighted by atomic mass is 32.1. The van der Waals surface area contributed by atoms with Crippen molar-refractivity contribution >= 4 is 17.2 Å². The largest absolute Gasteiger partial charge is 0.494 e. The molecule has 0 atom stereocenters. The lowest BCUT2D eigenvalue weighted by molar-refractivity contribution is 0.253. The van der Waals surface area contributed by atoms with Crippen LogP contribution in [0.4, 0.5) is 0 Å². The Morgan fingerprint density at radius 2 is 1.93 bits per heavy atom. The third kappa shape index (κ3) is 4.27. The summed E-state index contributed by atoms with van der Waals surface area (Å²) in [5.41, 5.74) is 6.31. The number of nitrogens with two attached hydrogens (primary N) is 1. The second-order valence-corrected chi connectivity index (χ2v) is 3.61. The van der Waals surface area contributed by atoms with Crippen LogP contribution >= 0.6 is 12.2 Å². The summed E-state index contributed by atoms with van der Waals surface area (Å²) in [6, 6.07) is 7.36.